The van der Waals surface area contributed by atoms with Crippen LogP contribution >= 0.6 is 11.6 Å². The molecule has 0 radical (unpaired) electrons. The topological polar surface area (TPSA) is 137 Å². The van der Waals surface area contributed by atoms with Gasteiger partial charge < -0.3 is 35.0 Å². The molecule has 150 valence electrons. The van der Waals surface area contributed by atoms with Crippen molar-refractivity contribution in [1.82, 2.24) is 0 Å². The smallest absolute Gasteiger partial charge is 0.335 e. The van der Waals surface area contributed by atoms with Gasteiger partial charge in [0.2, 0.25) is 6.29 Å². The molecule has 3 unspecified atom stereocenters. The van der Waals surface area contributed by atoms with Gasteiger partial charge in [-0.3, -0.25) is 0 Å². The summed E-state index contributed by atoms with van der Waals surface area (Å²) in [6, 6.07) is 10.9. The predicted octanol–water partition coefficient (Wildman–Crippen LogP) is 0.884. The van der Waals surface area contributed by atoms with Crippen LogP contribution < -0.4 is 4.74 Å². The van der Waals surface area contributed by atoms with Crippen LogP contribution in [-0.4, -0.2) is 68.8 Å². The van der Waals surface area contributed by atoms with Crippen molar-refractivity contribution < 1.29 is 39.8 Å². The number of carboxylic acid groups (broad SMARTS) is 1. The normalized spacial score (nSPS) is 27.4. The van der Waals surface area contributed by atoms with Crippen molar-refractivity contribution >= 4 is 17.6 Å². The monoisotopic (exact) mass is 410 g/mol. The van der Waals surface area contributed by atoms with Gasteiger partial charge in [0.15, 0.2) is 0 Å². The van der Waals surface area contributed by atoms with Crippen LogP contribution in [0, 0.1) is 0 Å². The average molecular weight is 411 g/mol. The molecule has 5 N–H and O–H groups in total. The van der Waals surface area contributed by atoms with Crippen LogP contribution in [0.1, 0.15) is 10.4 Å². The maximum atomic E-state index is 10.9. The van der Waals surface area contributed by atoms with E-state index >= 15 is 0 Å². The molecule has 0 spiro atoms. The number of carboxylic acids is 1. The maximum Gasteiger partial charge on any atom is 0.335 e. The van der Waals surface area contributed by atoms with Crippen molar-refractivity contribution in [3.63, 3.8) is 0 Å². The molecule has 1 heterocycles. The van der Waals surface area contributed by atoms with Crippen LogP contribution in [0.15, 0.2) is 42.5 Å². The SMILES string of the molecule is O=C(O)c1ccc(-c2ccc(O[C@H]3OC(CO)[C@@H](O)C(O)C3O)cc2Cl)cc1. The molecular formula is C19H19ClO8. The highest BCUT2D eigenvalue weighted by Crippen LogP contribution is 2.33. The molecule has 28 heavy (non-hydrogen) atoms. The van der Waals surface area contributed by atoms with Gasteiger partial charge in [0.25, 0.3) is 0 Å². The fraction of sp³-hybridized carbons (Fsp3) is 0.316. The minimum Gasteiger partial charge on any atom is -0.478 e. The lowest BCUT2D eigenvalue weighted by molar-refractivity contribution is -0.277. The Morgan fingerprint density at radius 2 is 1.71 bits per heavy atom. The zero-order valence-electron chi connectivity index (χ0n) is 14.5. The third-order valence-corrected chi connectivity index (χ3v) is 4.80. The molecule has 8 nitrogen and oxygen atoms in total. The number of carbonyl (C=O) groups is 1. The number of benzene rings is 2. The predicted molar refractivity (Wildman–Crippen MR) is 98.2 cm³/mol. The van der Waals surface area contributed by atoms with Gasteiger partial charge in [-0.1, -0.05) is 23.7 Å². The lowest BCUT2D eigenvalue weighted by Crippen LogP contribution is -2.60. The molecule has 0 saturated carbocycles. The molecule has 0 aromatic heterocycles. The minimum atomic E-state index is -1.54. The van der Waals surface area contributed by atoms with E-state index in [-0.39, 0.29) is 11.3 Å². The lowest BCUT2D eigenvalue weighted by atomic mass is 9.99. The van der Waals surface area contributed by atoms with Gasteiger partial charge in [-0.25, -0.2) is 4.79 Å². The van der Waals surface area contributed by atoms with Crippen molar-refractivity contribution in [3.8, 4) is 16.9 Å². The summed E-state index contributed by atoms with van der Waals surface area (Å²) in [5.74, 6) is -0.791. The van der Waals surface area contributed by atoms with Crippen LogP contribution in [-0.2, 0) is 4.74 Å². The number of rotatable bonds is 5. The Labute approximate surface area is 165 Å². The Balaban J connectivity index is 1.78. The first-order valence-corrected chi connectivity index (χ1v) is 8.80. The third-order valence-electron chi connectivity index (χ3n) is 4.48. The average Bonchev–Trinajstić information content (AvgIpc) is 2.68. The molecule has 0 aliphatic carbocycles. The Morgan fingerprint density at radius 1 is 1.04 bits per heavy atom. The molecule has 3 rings (SSSR count). The fourth-order valence-electron chi connectivity index (χ4n) is 2.89. The zero-order valence-corrected chi connectivity index (χ0v) is 15.2. The summed E-state index contributed by atoms with van der Waals surface area (Å²) >= 11 is 6.30. The van der Waals surface area contributed by atoms with Crippen molar-refractivity contribution in [2.75, 3.05) is 6.61 Å². The van der Waals surface area contributed by atoms with E-state index in [1.807, 2.05) is 0 Å². The molecule has 9 heteroatoms. The second kappa shape index (κ2) is 8.44. The van der Waals surface area contributed by atoms with Gasteiger partial charge in [0, 0.05) is 5.56 Å². The number of aliphatic hydroxyl groups excluding tert-OH is 4. The highest BCUT2D eigenvalue weighted by molar-refractivity contribution is 6.33. The van der Waals surface area contributed by atoms with E-state index in [2.05, 4.69) is 0 Å². The van der Waals surface area contributed by atoms with Gasteiger partial charge in [-0.05, 0) is 35.9 Å². The highest BCUT2D eigenvalue weighted by Gasteiger charge is 2.44. The minimum absolute atomic E-state index is 0.155. The van der Waals surface area contributed by atoms with E-state index in [0.29, 0.717) is 16.1 Å². The van der Waals surface area contributed by atoms with E-state index in [1.54, 1.807) is 24.3 Å². The largest absolute Gasteiger partial charge is 0.478 e. The molecule has 2 aromatic rings. The Hall–Kier alpha value is -2.20. The molecule has 1 saturated heterocycles. The second-order valence-corrected chi connectivity index (χ2v) is 6.75. The van der Waals surface area contributed by atoms with Crippen LogP contribution in [0.2, 0.25) is 5.02 Å². The molecule has 2 aromatic carbocycles. The zero-order chi connectivity index (χ0) is 20.4. The summed E-state index contributed by atoms with van der Waals surface area (Å²) in [4.78, 5) is 10.9. The van der Waals surface area contributed by atoms with Crippen molar-refractivity contribution in [1.29, 1.82) is 0 Å². The number of hydrogen-bond donors (Lipinski definition) is 5. The summed E-state index contributed by atoms with van der Waals surface area (Å²) < 4.78 is 10.8. The van der Waals surface area contributed by atoms with E-state index in [9.17, 15) is 25.2 Å². The molecule has 1 aliphatic rings. The molecule has 0 bridgehead atoms. The molecule has 0 amide bonds. The van der Waals surface area contributed by atoms with Crippen LogP contribution in [0.5, 0.6) is 5.75 Å². The Morgan fingerprint density at radius 3 is 2.29 bits per heavy atom. The van der Waals surface area contributed by atoms with Crippen LogP contribution in [0.25, 0.3) is 11.1 Å². The Kier molecular flexibility index (Phi) is 6.19. The number of aromatic carboxylic acids is 1. The lowest BCUT2D eigenvalue weighted by Gasteiger charge is -2.39. The first-order chi connectivity index (χ1) is 13.3. The number of ether oxygens (including phenoxy) is 2. The molecule has 5 atom stereocenters. The molecular weight excluding hydrogens is 392 g/mol. The first-order valence-electron chi connectivity index (χ1n) is 8.42. The van der Waals surface area contributed by atoms with Crippen molar-refractivity contribution in [2.45, 2.75) is 30.7 Å². The van der Waals surface area contributed by atoms with Gasteiger partial charge in [-0.15, -0.1) is 0 Å². The highest BCUT2D eigenvalue weighted by atomic mass is 35.5. The summed E-state index contributed by atoms with van der Waals surface area (Å²) in [7, 11) is 0. The number of aliphatic hydroxyl groups is 4. The van der Waals surface area contributed by atoms with E-state index in [1.165, 1.54) is 18.2 Å². The summed E-state index contributed by atoms with van der Waals surface area (Å²) in [6.45, 7) is -0.559. The Bertz CT molecular complexity index is 838. The second-order valence-electron chi connectivity index (χ2n) is 6.34. The quantitative estimate of drug-likeness (QED) is 0.490. The van der Waals surface area contributed by atoms with E-state index in [4.69, 9.17) is 26.2 Å². The standard InChI is InChI=1S/C19H19ClO8/c20-13-7-11(27-19-17(24)16(23)15(22)14(8-21)28-19)5-6-12(13)9-1-3-10(4-2-9)18(25)26/h1-7,14-17,19,21-24H,8H2,(H,25,26)/t14?,15-,16?,17?,19+/m1/s1. The fourth-order valence-corrected chi connectivity index (χ4v) is 3.17. The summed E-state index contributed by atoms with van der Waals surface area (Å²) in [6.07, 6.45) is -6.93. The number of hydrogen-bond acceptors (Lipinski definition) is 7. The third kappa shape index (κ3) is 4.12. The van der Waals surface area contributed by atoms with Crippen LogP contribution in [0.4, 0.5) is 0 Å². The van der Waals surface area contributed by atoms with Crippen molar-refractivity contribution in [2.24, 2.45) is 0 Å². The van der Waals surface area contributed by atoms with Gasteiger partial charge in [0.05, 0.1) is 17.2 Å². The van der Waals surface area contributed by atoms with Gasteiger partial charge in [-0.2, -0.15) is 0 Å². The van der Waals surface area contributed by atoms with Gasteiger partial charge >= 0.3 is 5.97 Å². The van der Waals surface area contributed by atoms with Crippen LogP contribution in [0.3, 0.4) is 0 Å². The van der Waals surface area contributed by atoms with Crippen molar-refractivity contribution in [3.05, 3.63) is 53.1 Å². The van der Waals surface area contributed by atoms with E-state index in [0.717, 1.165) is 0 Å². The molecule has 1 aliphatic heterocycles. The van der Waals surface area contributed by atoms with E-state index < -0.39 is 43.3 Å². The summed E-state index contributed by atoms with van der Waals surface area (Å²) in [5, 5.41) is 48.1. The number of halogens is 1. The maximum absolute atomic E-state index is 10.9. The summed E-state index contributed by atoms with van der Waals surface area (Å²) in [5.41, 5.74) is 1.50. The van der Waals surface area contributed by atoms with Gasteiger partial charge in [0.1, 0.15) is 30.2 Å². The first kappa shape index (κ1) is 20.5. The molecule has 1 fully saturated rings.